The van der Waals surface area contributed by atoms with Crippen molar-refractivity contribution in [1.82, 2.24) is 0 Å². The van der Waals surface area contributed by atoms with Crippen molar-refractivity contribution in [3.63, 3.8) is 0 Å². The molecule has 0 aliphatic rings. The number of aliphatic hydroxyl groups excluding tert-OH is 1. The standard InChI is InChI=1S/C11H12ClF3O2/c1-17-9-4-2-3-7(12)10(9)8(16)5-6-11(13,14)15/h2-4,8,16H,5-6H2,1H3. The van der Waals surface area contributed by atoms with Crippen LogP contribution in [0.5, 0.6) is 5.75 Å². The molecule has 0 aromatic heterocycles. The highest BCUT2D eigenvalue weighted by Crippen LogP contribution is 2.36. The van der Waals surface area contributed by atoms with E-state index in [-0.39, 0.29) is 16.3 Å². The van der Waals surface area contributed by atoms with Crippen molar-refractivity contribution < 1.29 is 23.0 Å². The number of alkyl halides is 3. The predicted octanol–water partition coefficient (Wildman–Crippen LogP) is 3.72. The molecule has 1 unspecified atom stereocenters. The smallest absolute Gasteiger partial charge is 0.389 e. The molecule has 0 amide bonds. The third-order valence-electron chi connectivity index (χ3n) is 2.27. The van der Waals surface area contributed by atoms with Crippen LogP contribution in [0.1, 0.15) is 24.5 Å². The van der Waals surface area contributed by atoms with Crippen LogP contribution in [0.3, 0.4) is 0 Å². The summed E-state index contributed by atoms with van der Waals surface area (Å²) in [5.41, 5.74) is 0.195. The van der Waals surface area contributed by atoms with E-state index in [1.165, 1.54) is 19.2 Å². The quantitative estimate of drug-likeness (QED) is 0.902. The van der Waals surface area contributed by atoms with Crippen molar-refractivity contribution in [2.75, 3.05) is 7.11 Å². The summed E-state index contributed by atoms with van der Waals surface area (Å²) in [5, 5.41) is 9.91. The second-order valence-electron chi connectivity index (χ2n) is 3.53. The second-order valence-corrected chi connectivity index (χ2v) is 3.93. The van der Waals surface area contributed by atoms with Crippen LogP contribution in [0.15, 0.2) is 18.2 Å². The lowest BCUT2D eigenvalue weighted by molar-refractivity contribution is -0.140. The minimum Gasteiger partial charge on any atom is -0.496 e. The van der Waals surface area contributed by atoms with Gasteiger partial charge in [0.05, 0.1) is 18.2 Å². The maximum Gasteiger partial charge on any atom is 0.389 e. The van der Waals surface area contributed by atoms with E-state index < -0.39 is 25.1 Å². The first-order chi connectivity index (χ1) is 7.85. The number of rotatable bonds is 4. The molecule has 0 radical (unpaired) electrons. The minimum atomic E-state index is -4.30. The average Bonchev–Trinajstić information content (AvgIpc) is 2.24. The molecule has 2 nitrogen and oxygen atoms in total. The summed E-state index contributed by atoms with van der Waals surface area (Å²) >= 11 is 5.83. The van der Waals surface area contributed by atoms with E-state index in [9.17, 15) is 18.3 Å². The molecule has 1 N–H and O–H groups in total. The van der Waals surface area contributed by atoms with Crippen molar-refractivity contribution in [1.29, 1.82) is 0 Å². The molecule has 1 rings (SSSR count). The minimum absolute atomic E-state index is 0.194. The number of benzene rings is 1. The third kappa shape index (κ3) is 4.09. The van der Waals surface area contributed by atoms with Gasteiger partial charge in [-0.05, 0) is 18.6 Å². The number of ether oxygens (including phenoxy) is 1. The summed E-state index contributed by atoms with van der Waals surface area (Å²) in [6, 6.07) is 4.63. The van der Waals surface area contributed by atoms with Crippen LogP contribution >= 0.6 is 11.6 Å². The van der Waals surface area contributed by atoms with E-state index in [1.54, 1.807) is 6.07 Å². The first-order valence-electron chi connectivity index (χ1n) is 4.92. The van der Waals surface area contributed by atoms with Crippen molar-refractivity contribution in [2.24, 2.45) is 0 Å². The Kier molecular flexibility index (Phi) is 4.65. The van der Waals surface area contributed by atoms with Gasteiger partial charge in [0.25, 0.3) is 0 Å². The molecule has 1 aromatic carbocycles. The van der Waals surface area contributed by atoms with E-state index in [2.05, 4.69) is 0 Å². The fourth-order valence-electron chi connectivity index (χ4n) is 1.46. The first-order valence-corrected chi connectivity index (χ1v) is 5.30. The number of hydrogen-bond donors (Lipinski definition) is 1. The monoisotopic (exact) mass is 268 g/mol. The Labute approximate surface area is 102 Å². The maximum absolute atomic E-state index is 12.0. The molecule has 0 saturated heterocycles. The van der Waals surface area contributed by atoms with E-state index in [4.69, 9.17) is 16.3 Å². The van der Waals surface area contributed by atoms with Gasteiger partial charge in [0.2, 0.25) is 0 Å². The first kappa shape index (κ1) is 14.1. The van der Waals surface area contributed by atoms with Crippen LogP contribution in [0.4, 0.5) is 13.2 Å². The van der Waals surface area contributed by atoms with Gasteiger partial charge in [-0.15, -0.1) is 0 Å². The zero-order valence-corrected chi connectivity index (χ0v) is 9.85. The Balaban J connectivity index is 2.84. The average molecular weight is 269 g/mol. The van der Waals surface area contributed by atoms with Gasteiger partial charge >= 0.3 is 6.18 Å². The molecular formula is C11H12ClF3O2. The molecule has 1 aromatic rings. The van der Waals surface area contributed by atoms with Gasteiger partial charge < -0.3 is 9.84 Å². The van der Waals surface area contributed by atoms with Gasteiger partial charge in [-0.3, -0.25) is 0 Å². The summed E-state index contributed by atoms with van der Waals surface area (Å²) in [7, 11) is 1.37. The zero-order chi connectivity index (χ0) is 13.1. The van der Waals surface area contributed by atoms with Crippen LogP contribution in [0.2, 0.25) is 5.02 Å². The van der Waals surface area contributed by atoms with Crippen LogP contribution in [-0.4, -0.2) is 18.4 Å². The highest BCUT2D eigenvalue weighted by Gasteiger charge is 2.29. The van der Waals surface area contributed by atoms with Crippen molar-refractivity contribution in [2.45, 2.75) is 25.1 Å². The number of hydrogen-bond acceptors (Lipinski definition) is 2. The van der Waals surface area contributed by atoms with Gasteiger partial charge in [0, 0.05) is 12.0 Å². The zero-order valence-electron chi connectivity index (χ0n) is 9.09. The second kappa shape index (κ2) is 5.60. The Morgan fingerprint density at radius 2 is 2.06 bits per heavy atom. The van der Waals surface area contributed by atoms with Gasteiger partial charge in [-0.25, -0.2) is 0 Å². The summed E-state index contributed by atoms with van der Waals surface area (Å²) in [6.45, 7) is 0. The van der Waals surface area contributed by atoms with Gasteiger partial charge in [-0.2, -0.15) is 13.2 Å². The van der Waals surface area contributed by atoms with Crippen molar-refractivity contribution in [3.8, 4) is 5.75 Å². The molecule has 0 fully saturated rings. The largest absolute Gasteiger partial charge is 0.496 e. The Morgan fingerprint density at radius 3 is 2.59 bits per heavy atom. The van der Waals surface area contributed by atoms with E-state index in [1.807, 2.05) is 0 Å². The molecular weight excluding hydrogens is 257 g/mol. The summed E-state index contributed by atoms with van der Waals surface area (Å²) in [4.78, 5) is 0. The highest BCUT2D eigenvalue weighted by molar-refractivity contribution is 6.31. The fraction of sp³-hybridized carbons (Fsp3) is 0.455. The fourth-order valence-corrected chi connectivity index (χ4v) is 1.76. The van der Waals surface area contributed by atoms with E-state index in [0.717, 1.165) is 0 Å². The summed E-state index contributed by atoms with van der Waals surface area (Å²) < 4.78 is 41.1. The van der Waals surface area contributed by atoms with Crippen LogP contribution in [0.25, 0.3) is 0 Å². The van der Waals surface area contributed by atoms with Crippen molar-refractivity contribution >= 4 is 11.6 Å². The summed E-state index contributed by atoms with van der Waals surface area (Å²) in [5.74, 6) is 0.284. The molecule has 6 heteroatoms. The molecule has 1 atom stereocenters. The highest BCUT2D eigenvalue weighted by atomic mass is 35.5. The van der Waals surface area contributed by atoms with Crippen LogP contribution < -0.4 is 4.74 Å². The van der Waals surface area contributed by atoms with Crippen molar-refractivity contribution in [3.05, 3.63) is 28.8 Å². The number of aliphatic hydroxyl groups is 1. The van der Waals surface area contributed by atoms with Crippen LogP contribution in [0, 0.1) is 0 Å². The van der Waals surface area contributed by atoms with Crippen LogP contribution in [-0.2, 0) is 0 Å². The molecule has 0 aliphatic carbocycles. The SMILES string of the molecule is COc1cccc(Cl)c1C(O)CCC(F)(F)F. The molecule has 0 heterocycles. The Bertz CT molecular complexity index is 379. The molecule has 0 saturated carbocycles. The number of methoxy groups -OCH3 is 1. The molecule has 0 aliphatic heterocycles. The van der Waals surface area contributed by atoms with Gasteiger partial charge in [0.1, 0.15) is 5.75 Å². The molecule has 17 heavy (non-hydrogen) atoms. The summed E-state index contributed by atoms with van der Waals surface area (Å²) in [6.07, 6.45) is -7.10. The van der Waals surface area contributed by atoms with E-state index >= 15 is 0 Å². The lowest BCUT2D eigenvalue weighted by atomic mass is 10.0. The third-order valence-corrected chi connectivity index (χ3v) is 2.60. The Morgan fingerprint density at radius 1 is 1.41 bits per heavy atom. The molecule has 96 valence electrons. The Hall–Kier alpha value is -0.940. The van der Waals surface area contributed by atoms with E-state index in [0.29, 0.717) is 0 Å². The normalized spacial score (nSPS) is 13.5. The lowest BCUT2D eigenvalue weighted by Crippen LogP contribution is -2.11. The lowest BCUT2D eigenvalue weighted by Gasteiger charge is -2.17. The number of halogens is 4. The topological polar surface area (TPSA) is 29.5 Å². The predicted molar refractivity (Wildman–Crippen MR) is 58.3 cm³/mol. The van der Waals surface area contributed by atoms with Gasteiger partial charge in [-0.1, -0.05) is 17.7 Å². The van der Waals surface area contributed by atoms with Gasteiger partial charge in [0.15, 0.2) is 0 Å². The molecule has 0 bridgehead atoms. The maximum atomic E-state index is 12.0. The molecule has 0 spiro atoms.